The molecule has 1 amide bonds. The Morgan fingerprint density at radius 1 is 1.35 bits per heavy atom. The molecule has 0 bridgehead atoms. The van der Waals surface area contributed by atoms with Gasteiger partial charge in [-0.05, 0) is 24.6 Å². The Hall–Kier alpha value is -1.61. The zero-order valence-electron chi connectivity index (χ0n) is 10.5. The molecule has 0 radical (unpaired) electrons. The van der Waals surface area contributed by atoms with E-state index in [4.69, 9.17) is 5.14 Å². The van der Waals surface area contributed by atoms with Gasteiger partial charge in [0, 0.05) is 12.1 Å². The monoisotopic (exact) mass is 310 g/mol. The number of benzene rings is 1. The zero-order valence-corrected chi connectivity index (χ0v) is 11.3. The highest BCUT2D eigenvalue weighted by atomic mass is 32.2. The van der Waals surface area contributed by atoms with Crippen molar-refractivity contribution >= 4 is 21.6 Å². The van der Waals surface area contributed by atoms with Crippen LogP contribution in [0.5, 0.6) is 0 Å². The van der Waals surface area contributed by atoms with E-state index in [1.165, 1.54) is 12.1 Å². The number of primary sulfonamides is 1. The number of nitrogens with one attached hydrogen (secondary N) is 1. The number of hydrogen-bond donors (Lipinski definition) is 2. The molecule has 0 aliphatic heterocycles. The smallest absolute Gasteiger partial charge is 0.326 e. The predicted molar refractivity (Wildman–Crippen MR) is 66.5 cm³/mol. The summed E-state index contributed by atoms with van der Waals surface area (Å²) >= 11 is 0. The van der Waals surface area contributed by atoms with E-state index in [2.05, 4.69) is 5.32 Å². The van der Waals surface area contributed by atoms with Gasteiger partial charge in [0.05, 0.1) is 11.3 Å². The summed E-state index contributed by atoms with van der Waals surface area (Å²) in [5.41, 5.74) is 0.626. The standard InChI is InChI=1S/C11H13F3N2O3S/c1-7-2-3-8(20(15,18)19)6-9(7)16-10(17)4-5-11(12,13)14/h2-3,6H,4-5H2,1H3,(H,16,17)(H2,15,18,19). The van der Waals surface area contributed by atoms with Crippen molar-refractivity contribution in [3.05, 3.63) is 23.8 Å². The zero-order chi connectivity index (χ0) is 15.6. The summed E-state index contributed by atoms with van der Waals surface area (Å²) in [6, 6.07) is 3.76. The van der Waals surface area contributed by atoms with Gasteiger partial charge < -0.3 is 5.32 Å². The lowest BCUT2D eigenvalue weighted by Gasteiger charge is -2.10. The molecule has 1 aromatic rings. The molecule has 0 unspecified atom stereocenters. The number of halogens is 3. The van der Waals surface area contributed by atoms with E-state index < -0.39 is 34.9 Å². The van der Waals surface area contributed by atoms with E-state index in [0.29, 0.717) is 5.56 Å². The molecule has 0 saturated carbocycles. The van der Waals surface area contributed by atoms with Gasteiger partial charge in [-0.15, -0.1) is 0 Å². The highest BCUT2D eigenvalue weighted by molar-refractivity contribution is 7.89. The van der Waals surface area contributed by atoms with Crippen molar-refractivity contribution in [1.82, 2.24) is 0 Å². The Morgan fingerprint density at radius 3 is 2.45 bits per heavy atom. The van der Waals surface area contributed by atoms with Crippen molar-refractivity contribution in [2.24, 2.45) is 5.14 Å². The fraction of sp³-hybridized carbons (Fsp3) is 0.364. The third-order valence-electron chi connectivity index (χ3n) is 2.45. The van der Waals surface area contributed by atoms with Crippen LogP contribution in [0.2, 0.25) is 0 Å². The van der Waals surface area contributed by atoms with Gasteiger partial charge in [-0.3, -0.25) is 4.79 Å². The molecule has 1 rings (SSSR count). The lowest BCUT2D eigenvalue weighted by Crippen LogP contribution is -2.18. The number of carbonyl (C=O) groups is 1. The number of alkyl halides is 3. The van der Waals surface area contributed by atoms with Crippen LogP contribution in [-0.2, 0) is 14.8 Å². The van der Waals surface area contributed by atoms with Crippen molar-refractivity contribution in [1.29, 1.82) is 0 Å². The van der Waals surface area contributed by atoms with Gasteiger partial charge in [0.1, 0.15) is 0 Å². The van der Waals surface area contributed by atoms with Gasteiger partial charge in [-0.1, -0.05) is 6.07 Å². The van der Waals surface area contributed by atoms with Crippen LogP contribution in [0.25, 0.3) is 0 Å². The molecule has 3 N–H and O–H groups in total. The maximum Gasteiger partial charge on any atom is 0.389 e. The van der Waals surface area contributed by atoms with Crippen LogP contribution >= 0.6 is 0 Å². The number of hydrogen-bond acceptors (Lipinski definition) is 3. The second kappa shape index (κ2) is 5.80. The first-order valence-electron chi connectivity index (χ1n) is 5.49. The average Bonchev–Trinajstić information content (AvgIpc) is 2.27. The van der Waals surface area contributed by atoms with Crippen LogP contribution < -0.4 is 10.5 Å². The molecular formula is C11H13F3N2O3S. The van der Waals surface area contributed by atoms with Crippen LogP contribution in [0.1, 0.15) is 18.4 Å². The van der Waals surface area contributed by atoms with Gasteiger partial charge in [0.25, 0.3) is 0 Å². The Morgan fingerprint density at radius 2 is 1.95 bits per heavy atom. The molecule has 0 spiro atoms. The van der Waals surface area contributed by atoms with Crippen molar-refractivity contribution in [2.45, 2.75) is 30.8 Å². The number of rotatable bonds is 4. The lowest BCUT2D eigenvalue weighted by atomic mass is 10.2. The summed E-state index contributed by atoms with van der Waals surface area (Å²) in [7, 11) is -3.94. The number of anilines is 1. The first-order valence-corrected chi connectivity index (χ1v) is 7.04. The van der Waals surface area contributed by atoms with Crippen LogP contribution in [0.3, 0.4) is 0 Å². The average molecular weight is 310 g/mol. The molecule has 0 aliphatic rings. The first-order chi connectivity index (χ1) is 8.99. The minimum atomic E-state index is -4.42. The molecule has 0 heterocycles. The van der Waals surface area contributed by atoms with E-state index in [1.54, 1.807) is 6.92 Å². The third-order valence-corrected chi connectivity index (χ3v) is 3.36. The van der Waals surface area contributed by atoms with Crippen molar-refractivity contribution in [2.75, 3.05) is 5.32 Å². The summed E-state index contributed by atoms with van der Waals surface area (Å²) in [5.74, 6) is -0.850. The molecule has 0 fully saturated rings. The number of amides is 1. The summed E-state index contributed by atoms with van der Waals surface area (Å²) in [5, 5.41) is 7.17. The molecule has 0 saturated heterocycles. The van der Waals surface area contributed by atoms with E-state index in [-0.39, 0.29) is 10.6 Å². The SMILES string of the molecule is Cc1ccc(S(N)(=O)=O)cc1NC(=O)CCC(F)(F)F. The van der Waals surface area contributed by atoms with Gasteiger partial charge in [-0.2, -0.15) is 13.2 Å². The number of nitrogens with two attached hydrogens (primary N) is 1. The highest BCUT2D eigenvalue weighted by Crippen LogP contribution is 2.23. The van der Waals surface area contributed by atoms with Gasteiger partial charge in [0.2, 0.25) is 15.9 Å². The molecule has 0 atom stereocenters. The maximum atomic E-state index is 12.0. The molecular weight excluding hydrogens is 297 g/mol. The number of aryl methyl sites for hydroxylation is 1. The molecule has 112 valence electrons. The Labute approximate surface area is 114 Å². The molecule has 1 aromatic carbocycles. The summed E-state index contributed by atoms with van der Waals surface area (Å²) in [6.07, 6.45) is -6.40. The highest BCUT2D eigenvalue weighted by Gasteiger charge is 2.28. The van der Waals surface area contributed by atoms with Crippen molar-refractivity contribution in [3.8, 4) is 0 Å². The largest absolute Gasteiger partial charge is 0.389 e. The maximum absolute atomic E-state index is 12.0. The first kappa shape index (κ1) is 16.4. The van der Waals surface area contributed by atoms with Crippen LogP contribution in [-0.4, -0.2) is 20.5 Å². The van der Waals surface area contributed by atoms with E-state index in [9.17, 15) is 26.4 Å². The van der Waals surface area contributed by atoms with Gasteiger partial charge >= 0.3 is 6.18 Å². The van der Waals surface area contributed by atoms with Crippen LogP contribution in [0, 0.1) is 6.92 Å². The molecule has 20 heavy (non-hydrogen) atoms. The van der Waals surface area contributed by atoms with E-state index >= 15 is 0 Å². The van der Waals surface area contributed by atoms with E-state index in [0.717, 1.165) is 6.07 Å². The fourth-order valence-electron chi connectivity index (χ4n) is 1.38. The van der Waals surface area contributed by atoms with Crippen LogP contribution in [0.15, 0.2) is 23.1 Å². The predicted octanol–water partition coefficient (Wildman–Crippen LogP) is 1.92. The quantitative estimate of drug-likeness (QED) is 0.890. The second-order valence-corrected chi connectivity index (χ2v) is 5.75. The van der Waals surface area contributed by atoms with Crippen molar-refractivity contribution in [3.63, 3.8) is 0 Å². The Balaban J connectivity index is 2.85. The Kier molecular flexibility index (Phi) is 4.77. The van der Waals surface area contributed by atoms with Crippen molar-refractivity contribution < 1.29 is 26.4 Å². The van der Waals surface area contributed by atoms with E-state index in [1.807, 2.05) is 0 Å². The minimum absolute atomic E-state index is 0.115. The molecule has 9 heteroatoms. The summed E-state index contributed by atoms with van der Waals surface area (Å²) in [6.45, 7) is 1.58. The number of sulfonamides is 1. The molecule has 0 aromatic heterocycles. The fourth-order valence-corrected chi connectivity index (χ4v) is 1.92. The Bertz CT molecular complexity index is 612. The van der Waals surface area contributed by atoms with Crippen LogP contribution in [0.4, 0.5) is 18.9 Å². The summed E-state index contributed by atoms with van der Waals surface area (Å²) in [4.78, 5) is 11.2. The topological polar surface area (TPSA) is 89.3 Å². The second-order valence-electron chi connectivity index (χ2n) is 4.19. The summed E-state index contributed by atoms with van der Waals surface area (Å²) < 4.78 is 58.2. The molecule has 0 aliphatic carbocycles. The lowest BCUT2D eigenvalue weighted by molar-refractivity contribution is -0.142. The third kappa shape index (κ3) is 5.17. The minimum Gasteiger partial charge on any atom is -0.326 e. The number of carbonyl (C=O) groups excluding carboxylic acids is 1. The normalized spacial score (nSPS) is 12.2. The van der Waals surface area contributed by atoms with Gasteiger partial charge in [-0.25, -0.2) is 13.6 Å². The van der Waals surface area contributed by atoms with Gasteiger partial charge in [0.15, 0.2) is 0 Å². The molecule has 5 nitrogen and oxygen atoms in total.